The number of aromatic nitrogens is 1. The Hall–Kier alpha value is -1.58. The molecule has 0 aliphatic heterocycles. The van der Waals surface area contributed by atoms with Gasteiger partial charge in [-0.25, -0.2) is 4.79 Å². The van der Waals surface area contributed by atoms with Crippen LogP contribution in [0.1, 0.15) is 19.5 Å². The van der Waals surface area contributed by atoms with E-state index in [1.807, 2.05) is 13.0 Å². The highest BCUT2D eigenvalue weighted by molar-refractivity contribution is 5.84. The number of aryl methyl sites for hydroxylation is 1. The van der Waals surface area contributed by atoms with Gasteiger partial charge in [0.25, 0.3) is 0 Å². The summed E-state index contributed by atoms with van der Waals surface area (Å²) >= 11 is 0. The van der Waals surface area contributed by atoms with Crippen LogP contribution < -0.4 is 5.32 Å². The molecular weight excluding hydrogens is 180 g/mol. The van der Waals surface area contributed by atoms with Crippen molar-refractivity contribution in [2.45, 2.75) is 26.9 Å². The molecule has 0 aliphatic rings. The van der Waals surface area contributed by atoms with Crippen LogP contribution in [0.2, 0.25) is 0 Å². The number of nitrogens with zero attached hydrogens (tertiary/aromatic N) is 1. The number of amides is 1. The average molecular weight is 194 g/mol. The molecule has 0 aromatic carbocycles. The Morgan fingerprint density at radius 2 is 2.21 bits per heavy atom. The maximum absolute atomic E-state index is 11.1. The van der Waals surface area contributed by atoms with E-state index in [0.29, 0.717) is 5.69 Å². The zero-order valence-corrected chi connectivity index (χ0v) is 8.57. The number of rotatable bonds is 2. The fraction of sp³-hybridized carbons (Fsp3) is 0.400. The van der Waals surface area contributed by atoms with E-state index in [2.05, 4.69) is 10.3 Å². The van der Waals surface area contributed by atoms with Crippen molar-refractivity contribution in [2.75, 3.05) is 5.32 Å². The first-order valence-corrected chi connectivity index (χ1v) is 4.48. The average Bonchev–Trinajstić information content (AvgIpc) is 2.07. The van der Waals surface area contributed by atoms with Gasteiger partial charge in [-0.3, -0.25) is 10.3 Å². The number of nitrogens with one attached hydrogen (secondary N) is 1. The third-order valence-electron chi connectivity index (χ3n) is 1.50. The molecule has 4 heteroatoms. The van der Waals surface area contributed by atoms with E-state index in [1.165, 1.54) is 0 Å². The Kier molecular flexibility index (Phi) is 3.45. The number of ether oxygens (including phenoxy) is 1. The summed E-state index contributed by atoms with van der Waals surface area (Å²) in [5.74, 6) is 0. The number of hydrogen-bond donors (Lipinski definition) is 1. The fourth-order valence-electron chi connectivity index (χ4n) is 0.903. The second kappa shape index (κ2) is 4.60. The van der Waals surface area contributed by atoms with Crippen LogP contribution in [-0.4, -0.2) is 17.2 Å². The molecular formula is C10H14N2O2. The number of hydrogen-bond acceptors (Lipinski definition) is 3. The molecule has 76 valence electrons. The van der Waals surface area contributed by atoms with Gasteiger partial charge in [-0.05, 0) is 32.9 Å². The zero-order chi connectivity index (χ0) is 10.6. The summed E-state index contributed by atoms with van der Waals surface area (Å²) in [6.45, 7) is 5.48. The Balaban J connectivity index is 2.52. The molecule has 1 rings (SSSR count). The quantitative estimate of drug-likeness (QED) is 0.786. The van der Waals surface area contributed by atoms with Crippen molar-refractivity contribution in [3.05, 3.63) is 24.0 Å². The van der Waals surface area contributed by atoms with Gasteiger partial charge in [0, 0.05) is 5.69 Å². The fourth-order valence-corrected chi connectivity index (χ4v) is 0.903. The van der Waals surface area contributed by atoms with E-state index in [-0.39, 0.29) is 6.10 Å². The minimum absolute atomic E-state index is 0.117. The molecule has 0 saturated carbocycles. The summed E-state index contributed by atoms with van der Waals surface area (Å²) in [5.41, 5.74) is 1.55. The van der Waals surface area contributed by atoms with Crippen molar-refractivity contribution in [3.8, 4) is 0 Å². The van der Waals surface area contributed by atoms with Gasteiger partial charge in [0.05, 0.1) is 18.0 Å². The molecule has 0 radical (unpaired) electrons. The molecule has 0 aliphatic carbocycles. The third kappa shape index (κ3) is 3.43. The van der Waals surface area contributed by atoms with Gasteiger partial charge in [0.1, 0.15) is 0 Å². The largest absolute Gasteiger partial charge is 0.447 e. The summed E-state index contributed by atoms with van der Waals surface area (Å²) in [6.07, 6.45) is 1.02. The van der Waals surface area contributed by atoms with Crippen LogP contribution >= 0.6 is 0 Å². The normalized spacial score (nSPS) is 10.0. The number of pyridine rings is 1. The van der Waals surface area contributed by atoms with E-state index in [4.69, 9.17) is 4.74 Å². The van der Waals surface area contributed by atoms with Crippen molar-refractivity contribution in [1.29, 1.82) is 0 Å². The zero-order valence-electron chi connectivity index (χ0n) is 8.57. The second-order valence-electron chi connectivity index (χ2n) is 3.27. The van der Waals surface area contributed by atoms with Gasteiger partial charge in [-0.2, -0.15) is 0 Å². The second-order valence-corrected chi connectivity index (χ2v) is 3.27. The molecule has 4 nitrogen and oxygen atoms in total. The van der Waals surface area contributed by atoms with Gasteiger partial charge in [-0.15, -0.1) is 0 Å². The molecule has 0 saturated heterocycles. The molecule has 1 aromatic heterocycles. The predicted molar refractivity (Wildman–Crippen MR) is 54.2 cm³/mol. The van der Waals surface area contributed by atoms with Crippen molar-refractivity contribution in [2.24, 2.45) is 0 Å². The van der Waals surface area contributed by atoms with Crippen molar-refractivity contribution in [3.63, 3.8) is 0 Å². The summed E-state index contributed by atoms with van der Waals surface area (Å²) in [7, 11) is 0. The minimum atomic E-state index is -0.453. The van der Waals surface area contributed by atoms with Crippen LogP contribution in [0.15, 0.2) is 18.3 Å². The van der Waals surface area contributed by atoms with E-state index >= 15 is 0 Å². The third-order valence-corrected chi connectivity index (χ3v) is 1.50. The molecule has 14 heavy (non-hydrogen) atoms. The van der Waals surface area contributed by atoms with E-state index in [9.17, 15) is 4.79 Å². The first kappa shape index (κ1) is 10.5. The Labute approximate surface area is 83.3 Å². The Morgan fingerprint density at radius 1 is 1.50 bits per heavy atom. The standard InChI is InChI=1S/C10H14N2O2/c1-7(2)14-10(13)12-9-5-4-8(3)11-6-9/h4-7H,1-3H3,(H,12,13). The molecule has 0 unspecified atom stereocenters. The lowest BCUT2D eigenvalue weighted by atomic mass is 10.3. The highest BCUT2D eigenvalue weighted by Crippen LogP contribution is 2.06. The number of anilines is 1. The molecule has 1 N–H and O–H groups in total. The highest BCUT2D eigenvalue weighted by atomic mass is 16.6. The Bertz CT molecular complexity index is 306. The topological polar surface area (TPSA) is 51.2 Å². The van der Waals surface area contributed by atoms with Gasteiger partial charge in [0.15, 0.2) is 0 Å². The van der Waals surface area contributed by atoms with Gasteiger partial charge in [0.2, 0.25) is 0 Å². The molecule has 0 bridgehead atoms. The van der Waals surface area contributed by atoms with Crippen LogP contribution in [0.3, 0.4) is 0 Å². The van der Waals surface area contributed by atoms with Crippen LogP contribution in [-0.2, 0) is 4.74 Å². The molecule has 0 spiro atoms. The molecule has 0 fully saturated rings. The highest BCUT2D eigenvalue weighted by Gasteiger charge is 2.04. The monoisotopic (exact) mass is 194 g/mol. The van der Waals surface area contributed by atoms with Crippen molar-refractivity contribution < 1.29 is 9.53 Å². The maximum Gasteiger partial charge on any atom is 0.411 e. The summed E-state index contributed by atoms with van der Waals surface area (Å²) in [5, 5.41) is 2.58. The van der Waals surface area contributed by atoms with Gasteiger partial charge in [-0.1, -0.05) is 0 Å². The first-order chi connectivity index (χ1) is 6.58. The SMILES string of the molecule is Cc1ccc(NC(=O)OC(C)C)cn1. The van der Waals surface area contributed by atoms with Crippen LogP contribution in [0.5, 0.6) is 0 Å². The smallest absolute Gasteiger partial charge is 0.411 e. The lowest BCUT2D eigenvalue weighted by Crippen LogP contribution is -2.18. The minimum Gasteiger partial charge on any atom is -0.447 e. The molecule has 0 atom stereocenters. The lowest BCUT2D eigenvalue weighted by molar-refractivity contribution is 0.130. The molecule has 1 amide bonds. The van der Waals surface area contributed by atoms with E-state index < -0.39 is 6.09 Å². The van der Waals surface area contributed by atoms with Gasteiger partial charge < -0.3 is 4.74 Å². The predicted octanol–water partition coefficient (Wildman–Crippen LogP) is 2.35. The van der Waals surface area contributed by atoms with Crippen molar-refractivity contribution >= 4 is 11.8 Å². The summed E-state index contributed by atoms with van der Waals surface area (Å²) in [4.78, 5) is 15.2. The maximum atomic E-state index is 11.1. The van der Waals surface area contributed by atoms with Crippen LogP contribution in [0, 0.1) is 6.92 Å². The molecule has 1 aromatic rings. The van der Waals surface area contributed by atoms with E-state index in [0.717, 1.165) is 5.69 Å². The molecule has 1 heterocycles. The number of carbonyl (C=O) groups is 1. The van der Waals surface area contributed by atoms with Crippen molar-refractivity contribution in [1.82, 2.24) is 4.98 Å². The first-order valence-electron chi connectivity index (χ1n) is 4.48. The number of carbonyl (C=O) groups excluding carboxylic acids is 1. The van der Waals surface area contributed by atoms with Crippen LogP contribution in [0.4, 0.5) is 10.5 Å². The van der Waals surface area contributed by atoms with Gasteiger partial charge >= 0.3 is 6.09 Å². The Morgan fingerprint density at radius 3 is 2.71 bits per heavy atom. The summed E-state index contributed by atoms with van der Waals surface area (Å²) < 4.78 is 4.91. The lowest BCUT2D eigenvalue weighted by Gasteiger charge is -2.08. The summed E-state index contributed by atoms with van der Waals surface area (Å²) in [6, 6.07) is 3.61. The van der Waals surface area contributed by atoms with Crippen LogP contribution in [0.25, 0.3) is 0 Å². The van der Waals surface area contributed by atoms with E-state index in [1.54, 1.807) is 26.1 Å².